The van der Waals surface area contributed by atoms with E-state index in [0.717, 1.165) is 0 Å². The summed E-state index contributed by atoms with van der Waals surface area (Å²) in [4.78, 5) is 0. The Morgan fingerprint density at radius 1 is 1.29 bits per heavy atom. The lowest BCUT2D eigenvalue weighted by atomic mass is 9.99. The second-order valence-corrected chi connectivity index (χ2v) is 3.88. The van der Waals surface area contributed by atoms with E-state index in [1.807, 2.05) is 0 Å². The summed E-state index contributed by atoms with van der Waals surface area (Å²) in [5, 5.41) is 31.6. The average molecular weight is 251 g/mol. The standard InChI is InChI=1S/C10H21NO6/c1-11-3-4-16-10-8(14)7(13)9(15-2)6(5-12)17-10/h6-14H,3-5H2,1-2H3/t6?,7-,8?,9-,10-/m1/s1. The van der Waals surface area contributed by atoms with Gasteiger partial charge in [0.05, 0.1) is 13.2 Å². The van der Waals surface area contributed by atoms with Gasteiger partial charge in [-0.2, -0.15) is 0 Å². The first-order valence-electron chi connectivity index (χ1n) is 5.57. The van der Waals surface area contributed by atoms with E-state index in [0.29, 0.717) is 13.2 Å². The van der Waals surface area contributed by atoms with Crippen molar-refractivity contribution in [2.75, 3.05) is 33.9 Å². The van der Waals surface area contributed by atoms with Gasteiger partial charge in [-0.15, -0.1) is 0 Å². The van der Waals surface area contributed by atoms with Gasteiger partial charge in [0.15, 0.2) is 6.29 Å². The van der Waals surface area contributed by atoms with Crippen LogP contribution in [0.3, 0.4) is 0 Å². The lowest BCUT2D eigenvalue weighted by molar-refractivity contribution is -0.303. The van der Waals surface area contributed by atoms with Gasteiger partial charge < -0.3 is 34.8 Å². The van der Waals surface area contributed by atoms with Gasteiger partial charge in [0.2, 0.25) is 0 Å². The van der Waals surface area contributed by atoms with Gasteiger partial charge in [-0.25, -0.2) is 0 Å². The van der Waals surface area contributed by atoms with Crippen molar-refractivity contribution in [1.29, 1.82) is 0 Å². The Morgan fingerprint density at radius 2 is 2.00 bits per heavy atom. The van der Waals surface area contributed by atoms with Crippen LogP contribution in [0.5, 0.6) is 0 Å². The third kappa shape index (κ3) is 3.59. The molecule has 0 spiro atoms. The molecule has 7 heteroatoms. The minimum Gasteiger partial charge on any atom is -0.394 e. The van der Waals surface area contributed by atoms with Gasteiger partial charge in [-0.1, -0.05) is 0 Å². The van der Waals surface area contributed by atoms with Crippen LogP contribution in [0.1, 0.15) is 0 Å². The van der Waals surface area contributed by atoms with Crippen molar-refractivity contribution in [2.24, 2.45) is 0 Å². The maximum atomic E-state index is 9.80. The Balaban J connectivity index is 2.56. The van der Waals surface area contributed by atoms with Crippen LogP contribution in [0.4, 0.5) is 0 Å². The molecule has 1 rings (SSSR count). The van der Waals surface area contributed by atoms with Crippen molar-refractivity contribution in [3.8, 4) is 0 Å². The third-order valence-corrected chi connectivity index (χ3v) is 2.73. The maximum Gasteiger partial charge on any atom is 0.186 e. The van der Waals surface area contributed by atoms with Crippen molar-refractivity contribution in [3.63, 3.8) is 0 Å². The Bertz CT molecular complexity index is 215. The molecule has 0 aliphatic carbocycles. The Labute approximate surface area is 100 Å². The largest absolute Gasteiger partial charge is 0.394 e. The zero-order chi connectivity index (χ0) is 12.8. The quantitative estimate of drug-likeness (QED) is 0.393. The van der Waals surface area contributed by atoms with Crippen LogP contribution >= 0.6 is 0 Å². The van der Waals surface area contributed by atoms with Crippen LogP contribution in [-0.4, -0.2) is 79.9 Å². The Hall–Kier alpha value is -0.280. The summed E-state index contributed by atoms with van der Waals surface area (Å²) in [6.45, 7) is 0.620. The molecular weight excluding hydrogens is 230 g/mol. The van der Waals surface area contributed by atoms with E-state index in [2.05, 4.69) is 5.32 Å². The smallest absolute Gasteiger partial charge is 0.186 e. The molecule has 1 heterocycles. The van der Waals surface area contributed by atoms with E-state index in [1.165, 1.54) is 7.11 Å². The van der Waals surface area contributed by atoms with Crippen LogP contribution in [0, 0.1) is 0 Å². The molecule has 0 aromatic rings. The molecular formula is C10H21NO6. The zero-order valence-corrected chi connectivity index (χ0v) is 10.1. The first-order valence-corrected chi connectivity index (χ1v) is 5.57. The van der Waals surface area contributed by atoms with E-state index in [-0.39, 0.29) is 6.61 Å². The van der Waals surface area contributed by atoms with E-state index in [1.54, 1.807) is 7.05 Å². The number of nitrogens with one attached hydrogen (secondary N) is 1. The van der Waals surface area contributed by atoms with Gasteiger partial charge in [0.1, 0.15) is 24.4 Å². The number of aliphatic hydroxyl groups is 3. The Morgan fingerprint density at radius 3 is 2.53 bits per heavy atom. The summed E-state index contributed by atoms with van der Waals surface area (Å²) in [6.07, 6.45) is -4.77. The highest BCUT2D eigenvalue weighted by Crippen LogP contribution is 2.23. The van der Waals surface area contributed by atoms with Crippen LogP contribution in [0.15, 0.2) is 0 Å². The molecule has 2 unspecified atom stereocenters. The topological polar surface area (TPSA) is 100 Å². The summed E-state index contributed by atoms with van der Waals surface area (Å²) in [5.41, 5.74) is 0. The summed E-state index contributed by atoms with van der Waals surface area (Å²) in [6, 6.07) is 0. The van der Waals surface area contributed by atoms with Gasteiger partial charge >= 0.3 is 0 Å². The molecule has 0 amide bonds. The van der Waals surface area contributed by atoms with Crippen molar-refractivity contribution >= 4 is 0 Å². The van der Waals surface area contributed by atoms with Crippen molar-refractivity contribution in [3.05, 3.63) is 0 Å². The summed E-state index contributed by atoms with van der Waals surface area (Å²) in [7, 11) is 3.16. The predicted octanol–water partition coefficient (Wildman–Crippen LogP) is -2.32. The SMILES string of the molecule is CNCCO[C@@H]1OC(CO)[C@@H](OC)[C@H](O)C1O. The second-order valence-electron chi connectivity index (χ2n) is 3.88. The normalized spacial score (nSPS) is 38.3. The molecule has 1 fully saturated rings. The highest BCUT2D eigenvalue weighted by Gasteiger charge is 2.44. The van der Waals surface area contributed by atoms with Gasteiger partial charge in [-0.3, -0.25) is 0 Å². The molecule has 4 N–H and O–H groups in total. The summed E-state index contributed by atoms with van der Waals surface area (Å²) < 4.78 is 15.6. The van der Waals surface area contributed by atoms with E-state index in [9.17, 15) is 10.2 Å². The van der Waals surface area contributed by atoms with E-state index >= 15 is 0 Å². The van der Waals surface area contributed by atoms with Crippen LogP contribution < -0.4 is 5.32 Å². The highest BCUT2D eigenvalue weighted by atomic mass is 16.7. The molecule has 0 saturated carbocycles. The minimum atomic E-state index is -1.19. The molecule has 5 atom stereocenters. The first-order chi connectivity index (χ1) is 8.15. The molecule has 7 nitrogen and oxygen atoms in total. The Kier molecular flexibility index (Phi) is 6.28. The number of likely N-dealkylation sites (N-methyl/N-ethyl adjacent to an activating group) is 1. The number of hydrogen-bond acceptors (Lipinski definition) is 7. The lowest BCUT2D eigenvalue weighted by Gasteiger charge is -2.41. The molecule has 0 aromatic carbocycles. The fourth-order valence-electron chi connectivity index (χ4n) is 1.76. The number of ether oxygens (including phenoxy) is 3. The van der Waals surface area contributed by atoms with E-state index < -0.39 is 30.7 Å². The molecule has 1 aliphatic rings. The molecule has 1 aliphatic heterocycles. The number of aliphatic hydroxyl groups excluding tert-OH is 3. The lowest BCUT2D eigenvalue weighted by Crippen LogP contribution is -2.60. The van der Waals surface area contributed by atoms with Gasteiger partial charge in [0.25, 0.3) is 0 Å². The third-order valence-electron chi connectivity index (χ3n) is 2.73. The minimum absolute atomic E-state index is 0.311. The second kappa shape index (κ2) is 7.22. The number of methoxy groups -OCH3 is 1. The molecule has 0 aromatic heterocycles. The zero-order valence-electron chi connectivity index (χ0n) is 10.1. The van der Waals surface area contributed by atoms with Crippen LogP contribution in [0.25, 0.3) is 0 Å². The van der Waals surface area contributed by atoms with Crippen LogP contribution in [-0.2, 0) is 14.2 Å². The average Bonchev–Trinajstić information content (AvgIpc) is 2.34. The molecule has 1 saturated heterocycles. The monoisotopic (exact) mass is 251 g/mol. The fourth-order valence-corrected chi connectivity index (χ4v) is 1.76. The van der Waals surface area contributed by atoms with E-state index in [4.69, 9.17) is 19.3 Å². The predicted molar refractivity (Wildman–Crippen MR) is 58.4 cm³/mol. The molecule has 102 valence electrons. The van der Waals surface area contributed by atoms with Crippen molar-refractivity contribution in [2.45, 2.75) is 30.7 Å². The highest BCUT2D eigenvalue weighted by molar-refractivity contribution is 4.89. The van der Waals surface area contributed by atoms with Gasteiger partial charge in [0, 0.05) is 13.7 Å². The van der Waals surface area contributed by atoms with Crippen molar-refractivity contribution < 1.29 is 29.5 Å². The summed E-state index contributed by atoms with van der Waals surface area (Å²) >= 11 is 0. The molecule has 0 radical (unpaired) electrons. The first kappa shape index (κ1) is 14.8. The number of hydrogen-bond donors (Lipinski definition) is 4. The summed E-state index contributed by atoms with van der Waals surface area (Å²) in [5.74, 6) is 0. The maximum absolute atomic E-state index is 9.80. The fraction of sp³-hybridized carbons (Fsp3) is 1.00. The van der Waals surface area contributed by atoms with Crippen molar-refractivity contribution in [1.82, 2.24) is 5.32 Å². The number of rotatable bonds is 6. The molecule has 0 bridgehead atoms. The molecule has 17 heavy (non-hydrogen) atoms. The van der Waals surface area contributed by atoms with Crippen LogP contribution in [0.2, 0.25) is 0 Å². The van der Waals surface area contributed by atoms with Gasteiger partial charge in [-0.05, 0) is 7.05 Å².